The number of phenolic OH excluding ortho intramolecular Hbond substituents is 2. The number of aliphatic hydroxyl groups is 4. The second-order valence-electron chi connectivity index (χ2n) is 6.50. The summed E-state index contributed by atoms with van der Waals surface area (Å²) in [5, 5.41) is 58.2. The van der Waals surface area contributed by atoms with Crippen molar-refractivity contribution >= 4 is 12.2 Å². The molecule has 0 radical (unpaired) electrons. The molecule has 0 saturated carbocycles. The molecular formula is C20H22O8. The van der Waals surface area contributed by atoms with E-state index in [2.05, 4.69) is 0 Å². The maximum atomic E-state index is 10.1. The second kappa shape index (κ2) is 8.59. The Kier molecular flexibility index (Phi) is 6.18. The zero-order valence-corrected chi connectivity index (χ0v) is 14.8. The van der Waals surface area contributed by atoms with Crippen molar-refractivity contribution in [3.63, 3.8) is 0 Å². The Morgan fingerprint density at radius 3 is 2.18 bits per heavy atom. The normalized spacial score (nSPS) is 27.8. The molecule has 0 amide bonds. The number of phenols is 2. The molecule has 28 heavy (non-hydrogen) atoms. The van der Waals surface area contributed by atoms with Gasteiger partial charge >= 0.3 is 0 Å². The van der Waals surface area contributed by atoms with Crippen molar-refractivity contribution in [1.82, 2.24) is 0 Å². The highest BCUT2D eigenvalue weighted by molar-refractivity contribution is 5.71. The molecule has 4 unspecified atom stereocenters. The number of aliphatic hydroxyl groups excluding tert-OH is 4. The summed E-state index contributed by atoms with van der Waals surface area (Å²) in [5.41, 5.74) is 1.42. The minimum atomic E-state index is -1.55. The summed E-state index contributed by atoms with van der Waals surface area (Å²) in [4.78, 5) is 0. The summed E-state index contributed by atoms with van der Waals surface area (Å²) in [6, 6.07) is 10.9. The van der Waals surface area contributed by atoms with E-state index in [1.165, 1.54) is 12.1 Å². The summed E-state index contributed by atoms with van der Waals surface area (Å²) >= 11 is 0. The van der Waals surface area contributed by atoms with E-state index in [4.69, 9.17) is 9.47 Å². The number of rotatable bonds is 5. The van der Waals surface area contributed by atoms with E-state index in [0.717, 1.165) is 5.56 Å². The first-order valence-corrected chi connectivity index (χ1v) is 8.65. The van der Waals surface area contributed by atoms with Crippen LogP contribution in [0, 0.1) is 0 Å². The van der Waals surface area contributed by atoms with Gasteiger partial charge in [0.25, 0.3) is 0 Å². The smallest absolute Gasteiger partial charge is 0.229 e. The van der Waals surface area contributed by atoms with Crippen molar-refractivity contribution in [2.75, 3.05) is 6.61 Å². The molecule has 8 heteroatoms. The standard InChI is InChI=1S/C20H22O8/c21-10-16-17(24)18(25)19(26)20(28-16)27-15-8-12(7-14(23)9-15)2-1-11-3-5-13(22)6-4-11/h1-9,16-26H,10H2/b2-1+/t16?,17-,18?,19?,20?/m1/s1. The molecule has 3 rings (SSSR count). The highest BCUT2D eigenvalue weighted by Crippen LogP contribution is 2.28. The molecule has 1 aliphatic rings. The molecule has 2 aromatic carbocycles. The molecule has 2 aromatic rings. The predicted molar refractivity (Wildman–Crippen MR) is 99.5 cm³/mol. The van der Waals surface area contributed by atoms with Crippen LogP contribution >= 0.6 is 0 Å². The number of benzene rings is 2. The van der Waals surface area contributed by atoms with Gasteiger partial charge in [0.1, 0.15) is 41.7 Å². The van der Waals surface area contributed by atoms with Crippen LogP contribution in [0.25, 0.3) is 12.2 Å². The molecule has 1 aliphatic heterocycles. The Balaban J connectivity index is 1.76. The van der Waals surface area contributed by atoms with E-state index in [1.54, 1.807) is 42.5 Å². The van der Waals surface area contributed by atoms with Gasteiger partial charge in [0, 0.05) is 6.07 Å². The predicted octanol–water partition coefficient (Wildman–Crippen LogP) is 0.447. The average molecular weight is 390 g/mol. The topological polar surface area (TPSA) is 140 Å². The van der Waals surface area contributed by atoms with Crippen molar-refractivity contribution in [2.24, 2.45) is 0 Å². The number of hydrogen-bond acceptors (Lipinski definition) is 8. The van der Waals surface area contributed by atoms with Gasteiger partial charge in [-0.15, -0.1) is 0 Å². The fraction of sp³-hybridized carbons (Fsp3) is 0.300. The number of aromatic hydroxyl groups is 2. The lowest BCUT2D eigenvalue weighted by Gasteiger charge is -2.39. The number of hydrogen-bond donors (Lipinski definition) is 6. The lowest BCUT2D eigenvalue weighted by Crippen LogP contribution is -2.60. The highest BCUT2D eigenvalue weighted by atomic mass is 16.7. The van der Waals surface area contributed by atoms with Crippen molar-refractivity contribution < 1.29 is 40.1 Å². The van der Waals surface area contributed by atoms with E-state index >= 15 is 0 Å². The second-order valence-corrected chi connectivity index (χ2v) is 6.50. The minimum absolute atomic E-state index is 0.0903. The van der Waals surface area contributed by atoms with E-state index in [9.17, 15) is 30.6 Å². The van der Waals surface area contributed by atoms with Gasteiger partial charge in [-0.25, -0.2) is 0 Å². The van der Waals surface area contributed by atoms with Gasteiger partial charge in [0.15, 0.2) is 0 Å². The van der Waals surface area contributed by atoms with Crippen LogP contribution in [-0.2, 0) is 4.74 Å². The van der Waals surface area contributed by atoms with E-state index in [0.29, 0.717) is 5.56 Å². The van der Waals surface area contributed by atoms with Gasteiger partial charge in [-0.1, -0.05) is 24.3 Å². The molecule has 0 bridgehead atoms. The minimum Gasteiger partial charge on any atom is -0.508 e. The maximum Gasteiger partial charge on any atom is 0.229 e. The summed E-state index contributed by atoms with van der Waals surface area (Å²) in [5.74, 6) is 0.229. The van der Waals surface area contributed by atoms with Gasteiger partial charge in [-0.3, -0.25) is 0 Å². The van der Waals surface area contributed by atoms with E-state index in [1.807, 2.05) is 0 Å². The Morgan fingerprint density at radius 2 is 1.50 bits per heavy atom. The van der Waals surface area contributed by atoms with Gasteiger partial charge in [0.2, 0.25) is 6.29 Å². The molecule has 1 saturated heterocycles. The SMILES string of the molecule is OCC1OC(Oc2cc(O)cc(/C=C/c3ccc(O)cc3)c2)C(O)C(O)[C@@H]1O. The van der Waals surface area contributed by atoms with Crippen LogP contribution in [0.1, 0.15) is 11.1 Å². The zero-order chi connectivity index (χ0) is 20.3. The van der Waals surface area contributed by atoms with Gasteiger partial charge in [-0.2, -0.15) is 0 Å². The van der Waals surface area contributed by atoms with Crippen LogP contribution in [0.3, 0.4) is 0 Å². The molecule has 0 spiro atoms. The molecule has 0 aliphatic carbocycles. The van der Waals surface area contributed by atoms with Crippen molar-refractivity contribution in [1.29, 1.82) is 0 Å². The van der Waals surface area contributed by atoms with Crippen molar-refractivity contribution in [3.05, 3.63) is 53.6 Å². The Hall–Kier alpha value is -2.62. The summed E-state index contributed by atoms with van der Waals surface area (Å²) in [7, 11) is 0. The van der Waals surface area contributed by atoms with Crippen LogP contribution in [0.4, 0.5) is 0 Å². The van der Waals surface area contributed by atoms with Crippen molar-refractivity contribution in [3.8, 4) is 17.2 Å². The average Bonchev–Trinajstić information content (AvgIpc) is 2.67. The summed E-state index contributed by atoms with van der Waals surface area (Å²) in [6.07, 6.45) is -3.52. The first kappa shape index (κ1) is 20.1. The van der Waals surface area contributed by atoms with E-state index < -0.39 is 37.3 Å². The lowest BCUT2D eigenvalue weighted by molar-refractivity contribution is -0.277. The first-order valence-electron chi connectivity index (χ1n) is 8.65. The Bertz CT molecular complexity index is 817. The van der Waals surface area contributed by atoms with Gasteiger partial charge in [-0.05, 0) is 35.4 Å². The molecule has 6 N–H and O–H groups in total. The Morgan fingerprint density at radius 1 is 0.821 bits per heavy atom. The van der Waals surface area contributed by atoms with Gasteiger partial charge < -0.3 is 40.1 Å². The first-order chi connectivity index (χ1) is 13.4. The molecule has 1 heterocycles. The Labute approximate surface area is 161 Å². The third kappa shape index (κ3) is 4.61. The van der Waals surface area contributed by atoms with E-state index in [-0.39, 0.29) is 17.2 Å². The molecule has 0 aromatic heterocycles. The third-order valence-corrected chi connectivity index (χ3v) is 4.38. The van der Waals surface area contributed by atoms with Crippen LogP contribution in [0.2, 0.25) is 0 Å². The molecule has 1 fully saturated rings. The molecule has 150 valence electrons. The summed E-state index contributed by atoms with van der Waals surface area (Å²) in [6.45, 7) is -0.564. The van der Waals surface area contributed by atoms with Crippen LogP contribution in [0.5, 0.6) is 17.2 Å². The van der Waals surface area contributed by atoms with Gasteiger partial charge in [0.05, 0.1) is 6.61 Å². The molecule has 8 nitrogen and oxygen atoms in total. The fourth-order valence-electron chi connectivity index (χ4n) is 2.85. The largest absolute Gasteiger partial charge is 0.508 e. The quantitative estimate of drug-likeness (QED) is 0.405. The lowest BCUT2D eigenvalue weighted by atomic mass is 9.99. The van der Waals surface area contributed by atoms with Crippen molar-refractivity contribution in [2.45, 2.75) is 30.7 Å². The van der Waals surface area contributed by atoms with Crippen LogP contribution < -0.4 is 4.74 Å². The molecular weight excluding hydrogens is 368 g/mol. The van der Waals surface area contributed by atoms with Crippen LogP contribution in [-0.4, -0.2) is 68.0 Å². The highest BCUT2D eigenvalue weighted by Gasteiger charge is 2.44. The zero-order valence-electron chi connectivity index (χ0n) is 14.8. The maximum absolute atomic E-state index is 10.1. The fourth-order valence-corrected chi connectivity index (χ4v) is 2.85. The van der Waals surface area contributed by atoms with Crippen LogP contribution in [0.15, 0.2) is 42.5 Å². The summed E-state index contributed by atoms with van der Waals surface area (Å²) < 4.78 is 10.8. The third-order valence-electron chi connectivity index (χ3n) is 4.38. The molecule has 5 atom stereocenters. The monoisotopic (exact) mass is 390 g/mol. The number of ether oxygens (including phenoxy) is 2.